The predicted molar refractivity (Wildman–Crippen MR) is 63.5 cm³/mol. The molecule has 0 spiro atoms. The molecule has 104 valence electrons. The Balaban J connectivity index is 2.18. The molecule has 6 heteroatoms. The zero-order valence-electron chi connectivity index (χ0n) is 10.9. The van der Waals surface area contributed by atoms with Crippen LogP contribution in [0.15, 0.2) is 12.1 Å². The van der Waals surface area contributed by atoms with Gasteiger partial charge in [-0.25, -0.2) is 9.45 Å². The van der Waals surface area contributed by atoms with Crippen LogP contribution in [-0.2, 0) is 9.63 Å². The summed E-state index contributed by atoms with van der Waals surface area (Å²) in [6.07, 6.45) is 0.495. The molecule has 1 fully saturated rings. The monoisotopic (exact) mass is 271 g/mol. The fraction of sp³-hybridized carbons (Fsp3) is 0.462. The summed E-state index contributed by atoms with van der Waals surface area (Å²) in [5, 5.41) is 1.10. The van der Waals surface area contributed by atoms with Gasteiger partial charge in [-0.15, -0.1) is 0 Å². The van der Waals surface area contributed by atoms with Gasteiger partial charge in [-0.1, -0.05) is 6.07 Å². The minimum atomic E-state index is -1.02. The van der Waals surface area contributed by atoms with Gasteiger partial charge in [0.25, 0.3) is 0 Å². The number of benzene rings is 1. The lowest BCUT2D eigenvalue weighted by Crippen LogP contribution is -2.27. The molecular formula is C13H15F2NO3. The first kappa shape index (κ1) is 13.7. The number of nitrogens with zero attached hydrogens (tertiary/aromatic N) is 1. The Morgan fingerprint density at radius 2 is 2.00 bits per heavy atom. The van der Waals surface area contributed by atoms with Crippen LogP contribution in [0.5, 0.6) is 5.75 Å². The molecule has 0 aliphatic heterocycles. The van der Waals surface area contributed by atoms with Crippen molar-refractivity contribution in [2.24, 2.45) is 5.92 Å². The van der Waals surface area contributed by atoms with Gasteiger partial charge in [0, 0.05) is 13.0 Å². The van der Waals surface area contributed by atoms with E-state index in [4.69, 9.17) is 9.57 Å². The maximum atomic E-state index is 13.8. The summed E-state index contributed by atoms with van der Waals surface area (Å²) < 4.78 is 32.1. The molecule has 1 saturated carbocycles. The van der Waals surface area contributed by atoms with Crippen molar-refractivity contribution in [1.82, 2.24) is 5.06 Å². The van der Waals surface area contributed by atoms with Crippen LogP contribution in [-0.4, -0.2) is 32.2 Å². The first-order valence-corrected chi connectivity index (χ1v) is 5.84. The van der Waals surface area contributed by atoms with Gasteiger partial charge in [0.05, 0.1) is 14.2 Å². The van der Waals surface area contributed by atoms with Crippen molar-refractivity contribution < 1.29 is 23.1 Å². The molecule has 1 aromatic rings. The highest BCUT2D eigenvalue weighted by Crippen LogP contribution is 2.49. The second kappa shape index (κ2) is 5.13. The molecule has 0 aromatic heterocycles. The lowest BCUT2D eigenvalue weighted by Gasteiger charge is -2.13. The Hall–Kier alpha value is -1.69. The van der Waals surface area contributed by atoms with Gasteiger partial charge in [0.1, 0.15) is 0 Å². The molecule has 2 atom stereocenters. The molecule has 0 bridgehead atoms. The zero-order valence-corrected chi connectivity index (χ0v) is 10.9. The Morgan fingerprint density at radius 3 is 2.58 bits per heavy atom. The number of carbonyl (C=O) groups excluding carboxylic acids is 1. The van der Waals surface area contributed by atoms with Crippen LogP contribution >= 0.6 is 0 Å². The molecule has 1 amide bonds. The van der Waals surface area contributed by atoms with Crippen molar-refractivity contribution in [3.8, 4) is 5.75 Å². The van der Waals surface area contributed by atoms with Crippen LogP contribution < -0.4 is 4.74 Å². The summed E-state index contributed by atoms with van der Waals surface area (Å²) in [6.45, 7) is 0. The number of amides is 1. The third-order valence-electron chi connectivity index (χ3n) is 3.39. The summed E-state index contributed by atoms with van der Waals surface area (Å²) in [6, 6.07) is 2.83. The fourth-order valence-electron chi connectivity index (χ4n) is 2.13. The number of halogens is 2. The Kier molecular flexibility index (Phi) is 3.71. The average Bonchev–Trinajstić information content (AvgIpc) is 3.20. The van der Waals surface area contributed by atoms with Crippen molar-refractivity contribution in [3.05, 3.63) is 29.3 Å². The van der Waals surface area contributed by atoms with Gasteiger partial charge in [-0.3, -0.25) is 9.63 Å². The zero-order chi connectivity index (χ0) is 14.2. The van der Waals surface area contributed by atoms with Gasteiger partial charge >= 0.3 is 0 Å². The number of rotatable bonds is 4. The lowest BCUT2D eigenvalue weighted by molar-refractivity contribution is -0.170. The highest BCUT2D eigenvalue weighted by Gasteiger charge is 2.47. The van der Waals surface area contributed by atoms with E-state index in [-0.39, 0.29) is 29.1 Å². The van der Waals surface area contributed by atoms with Crippen molar-refractivity contribution in [2.75, 3.05) is 21.3 Å². The minimum Gasteiger partial charge on any atom is -0.494 e. The third kappa shape index (κ3) is 2.40. The smallest absolute Gasteiger partial charge is 0.249 e. The van der Waals surface area contributed by atoms with E-state index in [2.05, 4.69) is 0 Å². The molecule has 1 aliphatic rings. The van der Waals surface area contributed by atoms with E-state index in [1.54, 1.807) is 0 Å². The highest BCUT2D eigenvalue weighted by molar-refractivity contribution is 5.82. The predicted octanol–water partition coefficient (Wildman–Crippen LogP) is 2.10. The minimum absolute atomic E-state index is 0.140. The van der Waals surface area contributed by atoms with Gasteiger partial charge in [-0.05, 0) is 24.0 Å². The molecule has 0 radical (unpaired) electrons. The topological polar surface area (TPSA) is 38.8 Å². The summed E-state index contributed by atoms with van der Waals surface area (Å²) in [5.41, 5.74) is 0.209. The number of ether oxygens (including phenoxy) is 1. The first-order chi connectivity index (χ1) is 9.01. The maximum Gasteiger partial charge on any atom is 0.249 e. The van der Waals surface area contributed by atoms with E-state index in [1.807, 2.05) is 0 Å². The van der Waals surface area contributed by atoms with Crippen molar-refractivity contribution in [1.29, 1.82) is 0 Å². The van der Waals surface area contributed by atoms with Gasteiger partial charge in [-0.2, -0.15) is 4.39 Å². The highest BCUT2D eigenvalue weighted by atomic mass is 19.2. The molecule has 0 N–H and O–H groups in total. The standard InChI is InChI=1S/C13H15F2NO3/c1-16(19-3)13(17)9-6-8(9)7-4-5-10(18-2)12(15)11(7)14/h4-5,8-9H,6H2,1-3H3. The maximum absolute atomic E-state index is 13.8. The van der Waals surface area contributed by atoms with Gasteiger partial charge in [0.15, 0.2) is 11.6 Å². The van der Waals surface area contributed by atoms with E-state index >= 15 is 0 Å². The van der Waals surface area contributed by atoms with E-state index in [0.717, 1.165) is 5.06 Å². The third-order valence-corrected chi connectivity index (χ3v) is 3.39. The van der Waals surface area contributed by atoms with E-state index in [9.17, 15) is 13.6 Å². The summed E-state index contributed by atoms with van der Waals surface area (Å²) in [4.78, 5) is 16.6. The molecule has 2 rings (SSSR count). The SMILES string of the molecule is COc1ccc(C2CC2C(=O)N(C)OC)c(F)c1F. The molecular weight excluding hydrogens is 256 g/mol. The number of methoxy groups -OCH3 is 1. The molecule has 0 saturated heterocycles. The largest absolute Gasteiger partial charge is 0.494 e. The molecule has 0 heterocycles. The molecule has 1 aromatic carbocycles. The van der Waals surface area contributed by atoms with Crippen LogP contribution in [0.1, 0.15) is 17.9 Å². The van der Waals surface area contributed by atoms with E-state index in [0.29, 0.717) is 6.42 Å². The summed E-state index contributed by atoms with van der Waals surface area (Å²) in [7, 11) is 4.14. The molecule has 2 unspecified atom stereocenters. The molecule has 4 nitrogen and oxygen atoms in total. The second-order valence-electron chi connectivity index (χ2n) is 4.45. The van der Waals surface area contributed by atoms with Crippen molar-refractivity contribution in [2.45, 2.75) is 12.3 Å². The molecule has 19 heavy (non-hydrogen) atoms. The Morgan fingerprint density at radius 1 is 1.32 bits per heavy atom. The lowest BCUT2D eigenvalue weighted by atomic mass is 10.1. The molecule has 1 aliphatic carbocycles. The van der Waals surface area contributed by atoms with Crippen LogP contribution in [0.25, 0.3) is 0 Å². The van der Waals surface area contributed by atoms with Gasteiger partial charge < -0.3 is 4.74 Å². The Bertz CT molecular complexity index is 507. The van der Waals surface area contributed by atoms with E-state index in [1.165, 1.54) is 33.4 Å². The number of hydroxylamine groups is 2. The average molecular weight is 271 g/mol. The summed E-state index contributed by atoms with van der Waals surface area (Å²) in [5.74, 6) is -2.99. The van der Waals surface area contributed by atoms with E-state index < -0.39 is 11.6 Å². The van der Waals surface area contributed by atoms with Gasteiger partial charge in [0.2, 0.25) is 11.7 Å². The number of hydrogen-bond acceptors (Lipinski definition) is 3. The Labute approximate surface area is 109 Å². The van der Waals surface area contributed by atoms with Crippen LogP contribution in [0.2, 0.25) is 0 Å². The van der Waals surface area contributed by atoms with Crippen LogP contribution in [0, 0.1) is 17.6 Å². The normalized spacial score (nSPS) is 21.1. The van der Waals surface area contributed by atoms with Crippen LogP contribution in [0.4, 0.5) is 8.78 Å². The van der Waals surface area contributed by atoms with Crippen molar-refractivity contribution >= 4 is 5.91 Å². The van der Waals surface area contributed by atoms with Crippen LogP contribution in [0.3, 0.4) is 0 Å². The first-order valence-electron chi connectivity index (χ1n) is 5.84. The quantitative estimate of drug-likeness (QED) is 0.787. The second-order valence-corrected chi connectivity index (χ2v) is 4.45. The number of hydrogen-bond donors (Lipinski definition) is 0. The fourth-order valence-corrected chi connectivity index (χ4v) is 2.13. The van der Waals surface area contributed by atoms with Crippen molar-refractivity contribution in [3.63, 3.8) is 0 Å². The summed E-state index contributed by atoms with van der Waals surface area (Å²) >= 11 is 0. The number of carbonyl (C=O) groups is 1.